The van der Waals surface area contributed by atoms with E-state index in [-0.39, 0.29) is 54.4 Å². The van der Waals surface area contributed by atoms with Crippen molar-refractivity contribution in [3.05, 3.63) is 124 Å². The van der Waals surface area contributed by atoms with Gasteiger partial charge in [0.05, 0.1) is 42.3 Å². The van der Waals surface area contributed by atoms with Crippen LogP contribution in [0.4, 0.5) is 17.6 Å². The van der Waals surface area contributed by atoms with Crippen LogP contribution in [0.25, 0.3) is 16.7 Å². The van der Waals surface area contributed by atoms with E-state index in [1.54, 1.807) is 79.9 Å². The smallest absolute Gasteiger partial charge is 0.419 e. The third kappa shape index (κ3) is 9.15. The van der Waals surface area contributed by atoms with Crippen LogP contribution >= 0.6 is 0 Å². The summed E-state index contributed by atoms with van der Waals surface area (Å²) in [5, 5.41) is 3.06. The Hall–Kier alpha value is -5.70. The summed E-state index contributed by atoms with van der Waals surface area (Å²) in [6.07, 6.45) is -0.775. The van der Waals surface area contributed by atoms with Crippen LogP contribution in [0.5, 0.6) is 5.75 Å². The molecular formula is C37H37F4N7O4. The predicted octanol–water partition coefficient (Wildman–Crippen LogP) is 5.11. The monoisotopic (exact) mass is 719 g/mol. The van der Waals surface area contributed by atoms with Gasteiger partial charge < -0.3 is 19.9 Å². The molecule has 11 nitrogen and oxygen atoms in total. The number of ether oxygens (including phenoxy) is 1. The van der Waals surface area contributed by atoms with Crippen molar-refractivity contribution in [1.82, 2.24) is 34.6 Å². The van der Waals surface area contributed by atoms with Crippen molar-refractivity contribution in [1.29, 1.82) is 0 Å². The molecule has 0 unspecified atom stereocenters. The number of nitrogens with one attached hydrogen (secondary N) is 1. The molecule has 5 aromatic rings. The van der Waals surface area contributed by atoms with Crippen LogP contribution in [-0.2, 0) is 28.7 Å². The third-order valence-electron chi connectivity index (χ3n) is 8.04. The number of rotatable bonds is 14. The average Bonchev–Trinajstić information content (AvgIpc) is 3.09. The first-order chi connectivity index (χ1) is 24.8. The molecule has 1 atom stereocenters. The molecule has 3 heterocycles. The lowest BCUT2D eigenvalue weighted by molar-refractivity contribution is -0.140. The Morgan fingerprint density at radius 3 is 2.40 bits per heavy atom. The highest BCUT2D eigenvalue weighted by Crippen LogP contribution is 2.33. The second-order valence-electron chi connectivity index (χ2n) is 12.2. The molecule has 0 bridgehead atoms. The van der Waals surface area contributed by atoms with Gasteiger partial charge in [0.15, 0.2) is 5.65 Å². The number of carbonyl (C=O) groups is 2. The average molecular weight is 720 g/mol. The molecule has 2 aromatic carbocycles. The highest BCUT2D eigenvalue weighted by atomic mass is 19.4. The van der Waals surface area contributed by atoms with Gasteiger partial charge in [0, 0.05) is 31.7 Å². The molecular weight excluding hydrogens is 682 g/mol. The van der Waals surface area contributed by atoms with Crippen molar-refractivity contribution in [3.8, 4) is 11.4 Å². The molecule has 0 radical (unpaired) electrons. The van der Waals surface area contributed by atoms with Crippen LogP contribution < -0.4 is 15.6 Å². The molecule has 0 spiro atoms. The molecule has 15 heteroatoms. The summed E-state index contributed by atoms with van der Waals surface area (Å²) in [7, 11) is 3.48. The molecule has 3 aromatic heterocycles. The second-order valence-corrected chi connectivity index (χ2v) is 12.2. The van der Waals surface area contributed by atoms with Crippen molar-refractivity contribution < 1.29 is 31.9 Å². The van der Waals surface area contributed by atoms with E-state index < -0.39 is 41.5 Å². The largest absolute Gasteiger partial charge is 0.494 e. The predicted molar refractivity (Wildman–Crippen MR) is 185 cm³/mol. The lowest BCUT2D eigenvalue weighted by atomic mass is 10.0. The number of aromatic nitrogens is 4. The van der Waals surface area contributed by atoms with Crippen molar-refractivity contribution in [2.45, 2.75) is 38.5 Å². The van der Waals surface area contributed by atoms with E-state index in [1.807, 2.05) is 6.92 Å². The Labute approximate surface area is 296 Å². The summed E-state index contributed by atoms with van der Waals surface area (Å²) in [5.41, 5.74) is -0.814. The molecule has 0 aliphatic heterocycles. The fourth-order valence-corrected chi connectivity index (χ4v) is 5.72. The minimum absolute atomic E-state index is 0.00163. The van der Waals surface area contributed by atoms with Gasteiger partial charge in [-0.05, 0) is 93.2 Å². The van der Waals surface area contributed by atoms with Crippen molar-refractivity contribution in [3.63, 3.8) is 0 Å². The van der Waals surface area contributed by atoms with E-state index in [0.717, 1.165) is 6.07 Å². The van der Waals surface area contributed by atoms with Crippen molar-refractivity contribution in [2.24, 2.45) is 0 Å². The molecule has 52 heavy (non-hydrogen) atoms. The zero-order valence-electron chi connectivity index (χ0n) is 28.7. The Kier molecular flexibility index (Phi) is 11.9. The summed E-state index contributed by atoms with van der Waals surface area (Å²) in [6, 6.07) is 14.6. The first-order valence-corrected chi connectivity index (χ1v) is 16.4. The molecule has 272 valence electrons. The van der Waals surface area contributed by atoms with E-state index in [9.17, 15) is 31.9 Å². The molecule has 0 aliphatic rings. The molecule has 0 fully saturated rings. The topological polar surface area (TPSA) is 123 Å². The second kappa shape index (κ2) is 16.5. The van der Waals surface area contributed by atoms with E-state index in [1.165, 1.54) is 15.7 Å². The maximum atomic E-state index is 14.6. The van der Waals surface area contributed by atoms with E-state index in [0.29, 0.717) is 35.7 Å². The summed E-state index contributed by atoms with van der Waals surface area (Å²) in [5.74, 6) is -1.73. The molecule has 1 N–H and O–H groups in total. The van der Waals surface area contributed by atoms with Crippen LogP contribution in [0.15, 0.2) is 90.1 Å². The zero-order valence-corrected chi connectivity index (χ0v) is 28.7. The summed E-state index contributed by atoms with van der Waals surface area (Å²) in [6.45, 7) is 2.32. The lowest BCUT2D eigenvalue weighted by Crippen LogP contribution is -2.41. The third-order valence-corrected chi connectivity index (χ3v) is 8.04. The number of alkyl halides is 3. The first-order valence-electron chi connectivity index (χ1n) is 16.4. The Balaban J connectivity index is 1.67. The van der Waals surface area contributed by atoms with Crippen LogP contribution in [0.3, 0.4) is 0 Å². The van der Waals surface area contributed by atoms with Crippen LogP contribution in [-0.4, -0.2) is 74.9 Å². The summed E-state index contributed by atoms with van der Waals surface area (Å²) >= 11 is 0. The lowest BCUT2D eigenvalue weighted by Gasteiger charge is -2.33. The first kappa shape index (κ1) is 37.6. The number of hydrogen-bond donors (Lipinski definition) is 1. The maximum Gasteiger partial charge on any atom is 0.419 e. The highest BCUT2D eigenvalue weighted by molar-refractivity contribution is 5.80. The van der Waals surface area contributed by atoms with E-state index in [2.05, 4.69) is 15.3 Å². The minimum Gasteiger partial charge on any atom is -0.494 e. The summed E-state index contributed by atoms with van der Waals surface area (Å²) < 4.78 is 61.6. The normalized spacial score (nSPS) is 12.2. The number of nitrogens with zero attached hydrogens (tertiary/aromatic N) is 6. The SMILES string of the molecule is CCOc1ccc(-n2c([C@@H](CCNC(=O)CN(C)C)N(Cc3cccnc3)C(=O)Cc3ccc(C(F)(F)F)c(F)c3)nc3ncccc3c2=O)cc1. The number of amides is 2. The minimum atomic E-state index is -4.92. The van der Waals surface area contributed by atoms with Gasteiger partial charge in [0.25, 0.3) is 5.56 Å². The van der Waals surface area contributed by atoms with Crippen molar-refractivity contribution >= 4 is 22.8 Å². The van der Waals surface area contributed by atoms with Gasteiger partial charge in [-0.3, -0.25) is 23.9 Å². The number of carbonyl (C=O) groups excluding carboxylic acids is 2. The standard InChI is InChI=1S/C37H37F4N7O4/c1-4-52-27-12-10-26(11-13-27)48-35(45-34-28(36(48)51)8-6-17-44-34)31(15-18-43-32(49)23-46(2)3)47(22-25-7-5-16-42-21-25)33(50)20-24-9-14-29(30(38)19-24)37(39,40)41/h5-14,16-17,19,21,31H,4,15,18,20,22-23H2,1-3H3,(H,43,49)/t31-/m1/s1. The quantitative estimate of drug-likeness (QED) is 0.157. The number of hydrogen-bond acceptors (Lipinski definition) is 8. The number of fused-ring (bicyclic) bond motifs is 1. The summed E-state index contributed by atoms with van der Waals surface area (Å²) in [4.78, 5) is 57.8. The van der Waals surface area contributed by atoms with Crippen LogP contribution in [0.2, 0.25) is 0 Å². The molecule has 0 saturated carbocycles. The van der Waals surface area contributed by atoms with Gasteiger partial charge in [0.1, 0.15) is 17.4 Å². The Bertz CT molecular complexity index is 2070. The van der Waals surface area contributed by atoms with Gasteiger partial charge in [-0.1, -0.05) is 12.1 Å². The number of halogens is 4. The molecule has 2 amide bonds. The van der Waals surface area contributed by atoms with E-state index >= 15 is 0 Å². The number of pyridine rings is 2. The molecule has 0 aliphatic carbocycles. The number of benzene rings is 2. The fourth-order valence-electron chi connectivity index (χ4n) is 5.72. The zero-order chi connectivity index (χ0) is 37.4. The van der Waals surface area contributed by atoms with Gasteiger partial charge in [-0.25, -0.2) is 14.4 Å². The van der Waals surface area contributed by atoms with Gasteiger partial charge in [-0.15, -0.1) is 0 Å². The molecule has 5 rings (SSSR count). The molecule has 0 saturated heterocycles. The fraction of sp³-hybridized carbons (Fsp3) is 0.297. The Morgan fingerprint density at radius 2 is 1.75 bits per heavy atom. The van der Waals surface area contributed by atoms with Crippen LogP contribution in [0.1, 0.15) is 41.9 Å². The van der Waals surface area contributed by atoms with E-state index in [4.69, 9.17) is 9.72 Å². The van der Waals surface area contributed by atoms with Gasteiger partial charge in [0.2, 0.25) is 11.8 Å². The maximum absolute atomic E-state index is 14.6. The van der Waals surface area contributed by atoms with Gasteiger partial charge >= 0.3 is 6.18 Å². The Morgan fingerprint density at radius 1 is 1.00 bits per heavy atom. The van der Waals surface area contributed by atoms with Crippen molar-refractivity contribution in [2.75, 3.05) is 33.8 Å². The number of likely N-dealkylation sites (N-methyl/N-ethyl adjacent to an activating group) is 1. The highest BCUT2D eigenvalue weighted by Gasteiger charge is 2.35. The van der Waals surface area contributed by atoms with Crippen LogP contribution in [0, 0.1) is 5.82 Å². The van der Waals surface area contributed by atoms with Gasteiger partial charge in [-0.2, -0.15) is 13.2 Å².